The topological polar surface area (TPSA) is 101 Å². The van der Waals surface area contributed by atoms with E-state index in [-0.39, 0.29) is 15.1 Å². The summed E-state index contributed by atoms with van der Waals surface area (Å²) in [6.45, 7) is 3.75. The predicted molar refractivity (Wildman–Crippen MR) is 74.7 cm³/mol. The van der Waals surface area contributed by atoms with Crippen LogP contribution in [0.4, 0.5) is 5.82 Å². The Labute approximate surface area is 119 Å². The highest BCUT2D eigenvalue weighted by molar-refractivity contribution is 7.94. The minimum absolute atomic E-state index is 0.000571. The number of carboxylic acids is 1. The van der Waals surface area contributed by atoms with E-state index in [0.29, 0.717) is 17.2 Å². The number of nitrogens with one attached hydrogen (secondary N) is 1. The van der Waals surface area contributed by atoms with E-state index in [2.05, 4.69) is 9.82 Å². The monoisotopic (exact) mass is 315 g/mol. The lowest BCUT2D eigenvalue weighted by Gasteiger charge is -2.12. The molecular formula is C11H13N3O4S2. The van der Waals surface area contributed by atoms with Gasteiger partial charge in [-0.25, -0.2) is 17.9 Å². The Kier molecular flexibility index (Phi) is 3.82. The number of anilines is 1. The first-order valence-electron chi connectivity index (χ1n) is 5.70. The van der Waals surface area contributed by atoms with Crippen LogP contribution in [0.5, 0.6) is 0 Å². The molecule has 0 saturated carbocycles. The molecule has 2 heterocycles. The predicted octanol–water partition coefficient (Wildman–Crippen LogP) is 2.02. The number of nitrogens with zero attached hydrogens (tertiary/aromatic N) is 2. The van der Waals surface area contributed by atoms with E-state index in [4.69, 9.17) is 5.11 Å². The van der Waals surface area contributed by atoms with Crippen molar-refractivity contribution >= 4 is 33.1 Å². The van der Waals surface area contributed by atoms with Gasteiger partial charge in [-0.05, 0) is 26.0 Å². The SMILES string of the molecule is CC(C)n1nccc1NS(=O)(=O)c1ccc(C(=O)O)s1. The first-order chi connectivity index (χ1) is 9.31. The largest absolute Gasteiger partial charge is 0.477 e. The highest BCUT2D eigenvalue weighted by Gasteiger charge is 2.21. The van der Waals surface area contributed by atoms with Crippen LogP contribution in [0.3, 0.4) is 0 Å². The second-order valence-electron chi connectivity index (χ2n) is 4.28. The van der Waals surface area contributed by atoms with Crippen molar-refractivity contribution in [2.45, 2.75) is 24.1 Å². The summed E-state index contributed by atoms with van der Waals surface area (Å²) in [5.41, 5.74) is 0. The van der Waals surface area contributed by atoms with Crippen molar-refractivity contribution in [3.63, 3.8) is 0 Å². The van der Waals surface area contributed by atoms with Gasteiger partial charge < -0.3 is 5.11 Å². The molecule has 0 spiro atoms. The molecule has 0 atom stereocenters. The quantitative estimate of drug-likeness (QED) is 0.879. The minimum atomic E-state index is -3.81. The number of carboxylic acid groups (broad SMARTS) is 1. The highest BCUT2D eigenvalue weighted by atomic mass is 32.2. The fourth-order valence-corrected chi connectivity index (χ4v) is 3.77. The van der Waals surface area contributed by atoms with Gasteiger partial charge in [0, 0.05) is 12.1 Å². The average Bonchev–Trinajstić information content (AvgIpc) is 2.95. The molecule has 0 aromatic carbocycles. The zero-order chi connectivity index (χ0) is 14.9. The molecule has 0 aliphatic heterocycles. The summed E-state index contributed by atoms with van der Waals surface area (Å²) in [7, 11) is -3.81. The zero-order valence-electron chi connectivity index (χ0n) is 10.8. The van der Waals surface area contributed by atoms with Gasteiger partial charge in [0.15, 0.2) is 0 Å². The summed E-state index contributed by atoms with van der Waals surface area (Å²) in [6.07, 6.45) is 1.49. The lowest BCUT2D eigenvalue weighted by atomic mass is 10.4. The van der Waals surface area contributed by atoms with Gasteiger partial charge in [-0.1, -0.05) is 0 Å². The zero-order valence-corrected chi connectivity index (χ0v) is 12.4. The maximum absolute atomic E-state index is 12.2. The van der Waals surface area contributed by atoms with Crippen molar-refractivity contribution in [3.8, 4) is 0 Å². The van der Waals surface area contributed by atoms with E-state index in [9.17, 15) is 13.2 Å². The molecule has 0 amide bonds. The smallest absolute Gasteiger partial charge is 0.345 e. The minimum Gasteiger partial charge on any atom is -0.477 e. The van der Waals surface area contributed by atoms with Crippen molar-refractivity contribution in [3.05, 3.63) is 29.3 Å². The maximum atomic E-state index is 12.2. The summed E-state index contributed by atoms with van der Waals surface area (Å²) in [5, 5.41) is 12.8. The third-order valence-corrected chi connectivity index (χ3v) is 5.38. The molecule has 2 aromatic heterocycles. The van der Waals surface area contributed by atoms with Crippen molar-refractivity contribution in [1.29, 1.82) is 0 Å². The van der Waals surface area contributed by atoms with Crippen LogP contribution in [0.1, 0.15) is 29.6 Å². The normalized spacial score (nSPS) is 11.8. The number of aromatic nitrogens is 2. The molecule has 108 valence electrons. The molecule has 0 saturated heterocycles. The molecular weight excluding hydrogens is 302 g/mol. The van der Waals surface area contributed by atoms with E-state index < -0.39 is 16.0 Å². The summed E-state index contributed by atoms with van der Waals surface area (Å²) in [4.78, 5) is 10.8. The van der Waals surface area contributed by atoms with Gasteiger partial charge in [0.1, 0.15) is 14.9 Å². The number of hydrogen-bond acceptors (Lipinski definition) is 5. The maximum Gasteiger partial charge on any atom is 0.345 e. The summed E-state index contributed by atoms with van der Waals surface area (Å²) in [6, 6.07) is 4.08. The van der Waals surface area contributed by atoms with E-state index in [1.807, 2.05) is 13.8 Å². The lowest BCUT2D eigenvalue weighted by molar-refractivity contribution is 0.0702. The van der Waals surface area contributed by atoms with Gasteiger partial charge in [-0.3, -0.25) is 4.72 Å². The second-order valence-corrected chi connectivity index (χ2v) is 7.28. The van der Waals surface area contributed by atoms with Gasteiger partial charge in [-0.2, -0.15) is 5.10 Å². The molecule has 0 fully saturated rings. The number of carbonyl (C=O) groups is 1. The Hall–Kier alpha value is -1.87. The van der Waals surface area contributed by atoms with E-state index >= 15 is 0 Å². The second kappa shape index (κ2) is 5.25. The number of rotatable bonds is 5. The standard InChI is InChI=1S/C11H13N3O4S2/c1-7(2)14-9(5-6-12-14)13-20(17,18)10-4-3-8(19-10)11(15)16/h3-7,13H,1-2H3,(H,15,16). The molecule has 2 N–H and O–H groups in total. The Morgan fingerprint density at radius 1 is 1.40 bits per heavy atom. The Balaban J connectivity index is 2.31. The highest BCUT2D eigenvalue weighted by Crippen LogP contribution is 2.24. The van der Waals surface area contributed by atoms with E-state index in [1.165, 1.54) is 23.0 Å². The van der Waals surface area contributed by atoms with Crippen molar-refractivity contribution in [1.82, 2.24) is 9.78 Å². The molecule has 7 nitrogen and oxygen atoms in total. The van der Waals surface area contributed by atoms with Crippen molar-refractivity contribution in [2.24, 2.45) is 0 Å². The van der Waals surface area contributed by atoms with Gasteiger partial charge in [0.2, 0.25) is 0 Å². The molecule has 0 aliphatic rings. The van der Waals surface area contributed by atoms with Crippen LogP contribution in [0.2, 0.25) is 0 Å². The van der Waals surface area contributed by atoms with Crippen LogP contribution in [0, 0.1) is 0 Å². The molecule has 0 bridgehead atoms. The number of thiophene rings is 1. The van der Waals surface area contributed by atoms with Gasteiger partial charge in [0.25, 0.3) is 10.0 Å². The summed E-state index contributed by atoms with van der Waals surface area (Å²) in [5.74, 6) is -0.811. The molecule has 20 heavy (non-hydrogen) atoms. The number of sulfonamides is 1. The molecule has 2 rings (SSSR count). The fourth-order valence-electron chi connectivity index (χ4n) is 1.57. The Morgan fingerprint density at radius 2 is 2.10 bits per heavy atom. The number of aromatic carboxylic acids is 1. The fraction of sp³-hybridized carbons (Fsp3) is 0.273. The molecule has 0 unspecified atom stereocenters. The molecule has 0 aliphatic carbocycles. The molecule has 2 aromatic rings. The Morgan fingerprint density at radius 3 is 2.65 bits per heavy atom. The lowest BCUT2D eigenvalue weighted by Crippen LogP contribution is -2.16. The third kappa shape index (κ3) is 2.83. The van der Waals surface area contributed by atoms with Crippen LogP contribution < -0.4 is 4.72 Å². The van der Waals surface area contributed by atoms with Crippen LogP contribution >= 0.6 is 11.3 Å². The molecule has 9 heteroatoms. The van der Waals surface area contributed by atoms with Crippen molar-refractivity contribution < 1.29 is 18.3 Å². The third-order valence-electron chi connectivity index (χ3n) is 2.46. The van der Waals surface area contributed by atoms with Gasteiger partial charge in [-0.15, -0.1) is 11.3 Å². The summed E-state index contributed by atoms with van der Waals surface area (Å²) < 4.78 is 28.2. The average molecular weight is 315 g/mol. The van der Waals surface area contributed by atoms with Crippen LogP contribution in [-0.4, -0.2) is 29.3 Å². The number of hydrogen-bond donors (Lipinski definition) is 2. The first-order valence-corrected chi connectivity index (χ1v) is 8.00. The van der Waals surface area contributed by atoms with Crippen LogP contribution in [0.15, 0.2) is 28.6 Å². The Bertz CT molecular complexity index is 730. The van der Waals surface area contributed by atoms with Gasteiger partial charge in [0.05, 0.1) is 6.20 Å². The molecule has 0 radical (unpaired) electrons. The van der Waals surface area contributed by atoms with Crippen molar-refractivity contribution in [2.75, 3.05) is 4.72 Å². The van der Waals surface area contributed by atoms with E-state index in [1.54, 1.807) is 6.07 Å². The van der Waals surface area contributed by atoms with Crippen LogP contribution in [-0.2, 0) is 10.0 Å². The van der Waals surface area contributed by atoms with Crippen LogP contribution in [0.25, 0.3) is 0 Å². The van der Waals surface area contributed by atoms with E-state index in [0.717, 1.165) is 0 Å². The first kappa shape index (κ1) is 14.5. The summed E-state index contributed by atoms with van der Waals surface area (Å²) >= 11 is 0.704. The van der Waals surface area contributed by atoms with Gasteiger partial charge >= 0.3 is 5.97 Å².